The van der Waals surface area contributed by atoms with E-state index in [0.717, 1.165) is 16.4 Å². The standard InChI is InChI=1S/C9H6N4/c1-2-4-8-7(3-1)5-6-13-9(8)10-11-12-13/h1-6H/i12+1. The molecule has 0 radical (unpaired) electrons. The average molecular weight is 171 g/mol. The van der Waals surface area contributed by atoms with Crippen molar-refractivity contribution in [3.63, 3.8) is 0 Å². The molecule has 1 aromatic carbocycles. The molecule has 0 amide bonds. The van der Waals surface area contributed by atoms with Crippen LogP contribution in [0.15, 0.2) is 36.5 Å². The van der Waals surface area contributed by atoms with Crippen LogP contribution in [0.1, 0.15) is 0 Å². The molecule has 2 heterocycles. The molecule has 13 heavy (non-hydrogen) atoms. The third kappa shape index (κ3) is 0.823. The largest absolute Gasteiger partial charge is 0.200 e. The Morgan fingerprint density at radius 2 is 2.00 bits per heavy atom. The maximum atomic E-state index is 3.95. The second kappa shape index (κ2) is 2.26. The molecule has 0 unspecified atom stereocenters. The lowest BCUT2D eigenvalue weighted by Gasteiger charge is -1.96. The number of rotatable bonds is 0. The summed E-state index contributed by atoms with van der Waals surface area (Å²) < 4.78 is 1.67. The lowest BCUT2D eigenvalue weighted by atomic mass is 10.2. The van der Waals surface area contributed by atoms with E-state index in [-0.39, 0.29) is 0 Å². The highest BCUT2D eigenvalue weighted by Crippen LogP contribution is 2.16. The van der Waals surface area contributed by atoms with Gasteiger partial charge in [-0.15, -0.1) is 5.10 Å². The summed E-state index contributed by atoms with van der Waals surface area (Å²) >= 11 is 0. The van der Waals surface area contributed by atoms with Crippen molar-refractivity contribution in [2.75, 3.05) is 0 Å². The first-order chi connectivity index (χ1) is 6.45. The smallest absolute Gasteiger partial charge is 0.186 e. The lowest BCUT2D eigenvalue weighted by molar-refractivity contribution is 0.824. The molecule has 0 saturated carbocycles. The number of aromatic nitrogens is 4. The van der Waals surface area contributed by atoms with E-state index in [9.17, 15) is 0 Å². The Hall–Kier alpha value is -1.97. The molecule has 0 atom stereocenters. The highest BCUT2D eigenvalue weighted by Gasteiger charge is 2.00. The van der Waals surface area contributed by atoms with Gasteiger partial charge in [-0.1, -0.05) is 24.3 Å². The van der Waals surface area contributed by atoms with Gasteiger partial charge in [-0.05, 0) is 21.9 Å². The Balaban J connectivity index is 2.65. The zero-order valence-corrected chi connectivity index (χ0v) is 6.75. The number of hydrogen-bond donors (Lipinski definition) is 0. The van der Waals surface area contributed by atoms with Gasteiger partial charge >= 0.3 is 0 Å². The summed E-state index contributed by atoms with van der Waals surface area (Å²) in [5, 5.41) is 13.6. The molecule has 0 bridgehead atoms. The maximum absolute atomic E-state index is 3.95. The number of nitrogens with zero attached hydrogens (tertiary/aromatic N) is 4. The highest BCUT2D eigenvalue weighted by atomic mass is 15.9. The summed E-state index contributed by atoms with van der Waals surface area (Å²) in [6.07, 6.45) is 1.86. The van der Waals surface area contributed by atoms with Gasteiger partial charge in [0.1, 0.15) is 0 Å². The summed E-state index contributed by atoms with van der Waals surface area (Å²) in [7, 11) is 0. The van der Waals surface area contributed by atoms with Crippen LogP contribution in [-0.2, 0) is 0 Å². The molecule has 3 aromatic rings. The zero-order valence-electron chi connectivity index (χ0n) is 6.75. The number of benzene rings is 1. The number of fused-ring (bicyclic) bond motifs is 3. The van der Waals surface area contributed by atoms with E-state index in [0.29, 0.717) is 0 Å². The van der Waals surface area contributed by atoms with E-state index in [2.05, 4.69) is 15.5 Å². The summed E-state index contributed by atoms with van der Waals surface area (Å²) in [6.45, 7) is 0. The average Bonchev–Trinajstić information content (AvgIpc) is 2.65. The Labute approximate surface area is 73.8 Å². The molecule has 62 valence electrons. The predicted octanol–water partition coefficient (Wildman–Crippen LogP) is 1.28. The molecular formula is C9H6N4. The summed E-state index contributed by atoms with van der Waals surface area (Å²) in [6, 6.07) is 10.0. The Morgan fingerprint density at radius 3 is 3.00 bits per heavy atom. The van der Waals surface area contributed by atoms with Gasteiger partial charge in [0.05, 0.1) is 0 Å². The fourth-order valence-electron chi connectivity index (χ4n) is 1.47. The van der Waals surface area contributed by atoms with Crippen molar-refractivity contribution < 1.29 is 0 Å². The Bertz CT molecular complexity index is 570. The van der Waals surface area contributed by atoms with Crippen molar-refractivity contribution in [3.05, 3.63) is 36.5 Å². The van der Waals surface area contributed by atoms with Gasteiger partial charge in [-0.25, -0.2) is 4.52 Å². The second-order valence-electron chi connectivity index (χ2n) is 2.85. The normalized spacial score (nSPS) is 11.1. The van der Waals surface area contributed by atoms with Crippen molar-refractivity contribution in [1.29, 1.82) is 0 Å². The molecular weight excluding hydrogens is 165 g/mol. The Morgan fingerprint density at radius 1 is 1.08 bits per heavy atom. The molecule has 0 aliphatic rings. The predicted molar refractivity (Wildman–Crippen MR) is 48.3 cm³/mol. The first-order valence-electron chi connectivity index (χ1n) is 4.00. The molecule has 0 aliphatic heterocycles. The van der Waals surface area contributed by atoms with E-state index in [1.807, 2.05) is 36.5 Å². The minimum Gasteiger partial charge on any atom is -0.200 e. The number of hydrogen-bond acceptors (Lipinski definition) is 3. The van der Waals surface area contributed by atoms with Gasteiger partial charge in [0.15, 0.2) is 5.65 Å². The van der Waals surface area contributed by atoms with Crippen LogP contribution in [0, 0.1) is 0 Å². The van der Waals surface area contributed by atoms with E-state index in [4.69, 9.17) is 0 Å². The van der Waals surface area contributed by atoms with Gasteiger partial charge < -0.3 is 0 Å². The van der Waals surface area contributed by atoms with Gasteiger partial charge in [0.2, 0.25) is 0 Å². The van der Waals surface area contributed by atoms with Gasteiger partial charge in [-0.2, -0.15) is 0 Å². The van der Waals surface area contributed by atoms with Crippen molar-refractivity contribution in [2.24, 2.45) is 0 Å². The Kier molecular flexibility index (Phi) is 1.14. The summed E-state index contributed by atoms with van der Waals surface area (Å²) in [5.74, 6) is 0. The first kappa shape index (κ1) is 6.54. The highest BCUT2D eigenvalue weighted by molar-refractivity contribution is 5.93. The second-order valence-corrected chi connectivity index (χ2v) is 2.85. The van der Waals surface area contributed by atoms with E-state index in [1.165, 1.54) is 0 Å². The summed E-state index contributed by atoms with van der Waals surface area (Å²) in [4.78, 5) is 0. The summed E-state index contributed by atoms with van der Waals surface area (Å²) in [5.41, 5.74) is 0.804. The molecule has 2 aromatic heterocycles. The van der Waals surface area contributed by atoms with E-state index >= 15 is 0 Å². The zero-order chi connectivity index (χ0) is 8.67. The van der Waals surface area contributed by atoms with Gasteiger partial charge in [0, 0.05) is 11.6 Å². The van der Waals surface area contributed by atoms with Crippen LogP contribution in [-0.4, -0.2) is 20.0 Å². The SMILES string of the molecule is c1ccc2c(c1)ccn1[15n]nnc21. The monoisotopic (exact) mass is 171 g/mol. The van der Waals surface area contributed by atoms with Crippen LogP contribution < -0.4 is 0 Å². The molecule has 0 fully saturated rings. The minimum atomic E-state index is 0.804. The quantitative estimate of drug-likeness (QED) is 0.511. The fraction of sp³-hybridized carbons (Fsp3) is 0. The molecule has 0 N–H and O–H groups in total. The van der Waals surface area contributed by atoms with Crippen LogP contribution >= 0.6 is 0 Å². The third-order valence-electron chi connectivity index (χ3n) is 2.09. The van der Waals surface area contributed by atoms with Crippen molar-refractivity contribution >= 4 is 16.4 Å². The maximum Gasteiger partial charge on any atom is 0.186 e. The van der Waals surface area contributed by atoms with Crippen LogP contribution in [0.4, 0.5) is 0 Å². The van der Waals surface area contributed by atoms with E-state index in [1.54, 1.807) is 4.52 Å². The fourth-order valence-corrected chi connectivity index (χ4v) is 1.47. The van der Waals surface area contributed by atoms with Crippen LogP contribution in [0.2, 0.25) is 0 Å². The van der Waals surface area contributed by atoms with Crippen LogP contribution in [0.3, 0.4) is 0 Å². The molecule has 0 spiro atoms. The molecule has 0 saturated heterocycles. The number of pyridine rings is 1. The molecule has 4 heteroatoms. The van der Waals surface area contributed by atoms with E-state index < -0.39 is 0 Å². The van der Waals surface area contributed by atoms with Crippen LogP contribution in [0.5, 0.6) is 0 Å². The molecule has 0 aliphatic carbocycles. The van der Waals surface area contributed by atoms with Crippen molar-refractivity contribution in [1.82, 2.24) is 20.0 Å². The topological polar surface area (TPSA) is 43.1 Å². The van der Waals surface area contributed by atoms with Crippen molar-refractivity contribution in [2.45, 2.75) is 0 Å². The molecule has 4 nitrogen and oxygen atoms in total. The lowest BCUT2D eigenvalue weighted by Crippen LogP contribution is -1.86. The van der Waals surface area contributed by atoms with Crippen LogP contribution in [0.25, 0.3) is 16.4 Å². The van der Waals surface area contributed by atoms with Crippen molar-refractivity contribution in [3.8, 4) is 0 Å². The minimum absolute atomic E-state index is 0.804. The first-order valence-corrected chi connectivity index (χ1v) is 4.00. The third-order valence-corrected chi connectivity index (χ3v) is 2.09. The number of tetrazole rings is 1. The van der Waals surface area contributed by atoms with Gasteiger partial charge in [-0.3, -0.25) is 0 Å². The molecule has 3 rings (SSSR count). The van der Waals surface area contributed by atoms with Gasteiger partial charge in [0.25, 0.3) is 0 Å².